The van der Waals surface area contributed by atoms with Crippen LogP contribution in [0.1, 0.15) is 28.8 Å². The topological polar surface area (TPSA) is 69.6 Å². The van der Waals surface area contributed by atoms with Crippen LogP contribution in [0.5, 0.6) is 0 Å². The second-order valence-electron chi connectivity index (χ2n) is 8.44. The fourth-order valence-corrected chi connectivity index (χ4v) is 4.36. The molecule has 0 saturated heterocycles. The summed E-state index contributed by atoms with van der Waals surface area (Å²) in [5.41, 5.74) is 3.13. The number of carbonyl (C=O) groups excluding carboxylic acids is 1. The summed E-state index contributed by atoms with van der Waals surface area (Å²) in [6.07, 6.45) is 5.09. The molecule has 0 atom stereocenters. The van der Waals surface area contributed by atoms with Gasteiger partial charge in [0, 0.05) is 60.3 Å². The van der Waals surface area contributed by atoms with Gasteiger partial charge in [-0.1, -0.05) is 6.07 Å². The molecule has 1 saturated carbocycles. The Labute approximate surface area is 184 Å². The van der Waals surface area contributed by atoms with Gasteiger partial charge in [0.15, 0.2) is 0 Å². The number of fused-ring (bicyclic) bond motifs is 2. The van der Waals surface area contributed by atoms with Crippen LogP contribution < -0.4 is 4.90 Å². The third kappa shape index (κ3) is 3.40. The molecule has 0 unspecified atom stereocenters. The van der Waals surface area contributed by atoms with E-state index in [1.807, 2.05) is 23.1 Å². The summed E-state index contributed by atoms with van der Waals surface area (Å²) >= 11 is 0. The van der Waals surface area contributed by atoms with Crippen molar-refractivity contribution in [3.8, 4) is 11.1 Å². The Hall–Kier alpha value is -3.39. The molecule has 8 heteroatoms. The van der Waals surface area contributed by atoms with Crippen LogP contribution in [0.4, 0.5) is 20.4 Å². The third-order valence-corrected chi connectivity index (χ3v) is 6.32. The molecule has 2 aromatic carbocycles. The van der Waals surface area contributed by atoms with Crippen molar-refractivity contribution in [2.45, 2.75) is 18.3 Å². The molecule has 1 aliphatic carbocycles. The molecule has 164 valence electrons. The van der Waals surface area contributed by atoms with Crippen LogP contribution in [-0.4, -0.2) is 52.6 Å². The Kier molecular flexibility index (Phi) is 4.89. The van der Waals surface area contributed by atoms with E-state index in [-0.39, 0.29) is 30.0 Å². The lowest BCUT2D eigenvalue weighted by molar-refractivity contribution is 0.0767. The number of likely N-dealkylation sites (N-methyl/N-ethyl adjacent to an activating group) is 1. The first-order valence-electron chi connectivity index (χ1n) is 10.5. The van der Waals surface area contributed by atoms with Crippen molar-refractivity contribution >= 4 is 17.5 Å². The summed E-state index contributed by atoms with van der Waals surface area (Å²) in [6, 6.07) is 8.95. The summed E-state index contributed by atoms with van der Waals surface area (Å²) in [4.78, 5) is 25.0. The molecule has 3 aromatic rings. The van der Waals surface area contributed by atoms with E-state index in [4.69, 9.17) is 5.11 Å². The van der Waals surface area contributed by atoms with Crippen molar-refractivity contribution in [2.75, 3.05) is 31.6 Å². The fraction of sp³-hybridized carbons (Fsp3) is 0.292. The number of carbonyl (C=O) groups is 1. The van der Waals surface area contributed by atoms with Gasteiger partial charge < -0.3 is 14.9 Å². The van der Waals surface area contributed by atoms with Crippen molar-refractivity contribution in [1.82, 2.24) is 14.9 Å². The zero-order valence-electron chi connectivity index (χ0n) is 17.6. The van der Waals surface area contributed by atoms with Crippen LogP contribution >= 0.6 is 0 Å². The largest absolute Gasteiger partial charge is 0.395 e. The van der Waals surface area contributed by atoms with Gasteiger partial charge in [0.2, 0.25) is 5.95 Å². The lowest BCUT2D eigenvalue weighted by atomic mass is 9.97. The molecule has 1 aliphatic heterocycles. The zero-order valence-corrected chi connectivity index (χ0v) is 17.6. The molecule has 32 heavy (non-hydrogen) atoms. The summed E-state index contributed by atoms with van der Waals surface area (Å²) in [5, 5.41) is 9.13. The third-order valence-electron chi connectivity index (χ3n) is 6.32. The van der Waals surface area contributed by atoms with Gasteiger partial charge in [0.1, 0.15) is 11.6 Å². The number of aromatic nitrogens is 2. The maximum absolute atomic E-state index is 14.1. The van der Waals surface area contributed by atoms with Gasteiger partial charge in [-0.25, -0.2) is 18.7 Å². The number of aliphatic hydroxyl groups is 1. The van der Waals surface area contributed by atoms with Crippen LogP contribution in [0.3, 0.4) is 0 Å². The predicted molar refractivity (Wildman–Crippen MR) is 116 cm³/mol. The van der Waals surface area contributed by atoms with E-state index in [1.54, 1.807) is 7.05 Å². The molecular weight excluding hydrogens is 414 g/mol. The minimum atomic E-state index is -0.540. The maximum atomic E-state index is 14.1. The summed E-state index contributed by atoms with van der Waals surface area (Å²) < 4.78 is 27.7. The molecule has 2 heterocycles. The van der Waals surface area contributed by atoms with Crippen molar-refractivity contribution in [2.24, 2.45) is 0 Å². The highest BCUT2D eigenvalue weighted by Gasteiger charge is 2.52. The van der Waals surface area contributed by atoms with E-state index in [0.29, 0.717) is 23.6 Å². The highest BCUT2D eigenvalue weighted by molar-refractivity contribution is 5.96. The number of nitrogens with zero attached hydrogens (tertiary/aromatic N) is 4. The Morgan fingerprint density at radius 1 is 1.16 bits per heavy atom. The Morgan fingerprint density at radius 2 is 1.91 bits per heavy atom. The van der Waals surface area contributed by atoms with Crippen molar-refractivity contribution in [1.29, 1.82) is 0 Å². The molecule has 1 N–H and O–H groups in total. The molecule has 0 bridgehead atoms. The number of aliphatic hydroxyl groups excluding tert-OH is 1. The first kappa shape index (κ1) is 20.5. The number of benzene rings is 2. The summed E-state index contributed by atoms with van der Waals surface area (Å²) in [6.45, 7) is 0.861. The van der Waals surface area contributed by atoms with Gasteiger partial charge in [-0.3, -0.25) is 4.79 Å². The SMILES string of the molecule is CN(CCO)C(=O)c1ccc2c(c1)N(c1ncc(-c3cc(F)ccc3F)cn1)CC21CC1. The summed E-state index contributed by atoms with van der Waals surface area (Å²) in [7, 11) is 1.65. The lowest BCUT2D eigenvalue weighted by Crippen LogP contribution is -2.29. The Morgan fingerprint density at radius 3 is 2.59 bits per heavy atom. The van der Waals surface area contributed by atoms with Crippen LogP contribution in [0.25, 0.3) is 11.1 Å². The molecule has 6 nitrogen and oxygen atoms in total. The van der Waals surface area contributed by atoms with E-state index in [1.165, 1.54) is 22.9 Å². The van der Waals surface area contributed by atoms with Gasteiger partial charge in [0.25, 0.3) is 5.91 Å². The van der Waals surface area contributed by atoms with Crippen molar-refractivity contribution < 1.29 is 18.7 Å². The van der Waals surface area contributed by atoms with E-state index >= 15 is 0 Å². The van der Waals surface area contributed by atoms with Crippen LogP contribution in [0.15, 0.2) is 48.8 Å². The number of hydrogen-bond donors (Lipinski definition) is 1. The number of hydrogen-bond acceptors (Lipinski definition) is 5. The lowest BCUT2D eigenvalue weighted by Gasteiger charge is -2.20. The first-order valence-corrected chi connectivity index (χ1v) is 10.5. The van der Waals surface area contributed by atoms with Gasteiger partial charge in [-0.15, -0.1) is 0 Å². The smallest absolute Gasteiger partial charge is 0.253 e. The van der Waals surface area contributed by atoms with Crippen LogP contribution in [0.2, 0.25) is 0 Å². The second kappa shape index (κ2) is 7.63. The zero-order chi connectivity index (χ0) is 22.5. The molecule has 0 radical (unpaired) electrons. The quantitative estimate of drug-likeness (QED) is 0.661. The monoisotopic (exact) mass is 436 g/mol. The van der Waals surface area contributed by atoms with Gasteiger partial charge >= 0.3 is 0 Å². The molecule has 1 aromatic heterocycles. The second-order valence-corrected chi connectivity index (χ2v) is 8.44. The standard InChI is InChI=1S/C24H22F2N4O2/c1-29(8-9-31)22(32)15-2-4-19-21(10-15)30(14-24(19)6-7-24)23-27-12-16(13-28-23)18-11-17(25)3-5-20(18)26/h2-5,10-13,31H,6-9,14H2,1H3. The van der Waals surface area contributed by atoms with Gasteiger partial charge in [-0.2, -0.15) is 0 Å². The number of anilines is 2. The number of halogens is 2. The van der Waals surface area contributed by atoms with E-state index in [2.05, 4.69) is 9.97 Å². The van der Waals surface area contributed by atoms with Gasteiger partial charge in [0.05, 0.1) is 6.61 Å². The van der Waals surface area contributed by atoms with Crippen molar-refractivity contribution in [3.05, 3.63) is 71.6 Å². The van der Waals surface area contributed by atoms with Crippen molar-refractivity contribution in [3.63, 3.8) is 0 Å². The van der Waals surface area contributed by atoms with E-state index in [0.717, 1.165) is 36.7 Å². The summed E-state index contributed by atoms with van der Waals surface area (Å²) in [5.74, 6) is -0.792. The molecular formula is C24H22F2N4O2. The molecule has 5 rings (SSSR count). The molecule has 1 spiro atoms. The molecule has 2 aliphatic rings. The number of rotatable bonds is 5. The molecule has 1 amide bonds. The number of amides is 1. The normalized spacial score (nSPS) is 15.7. The average Bonchev–Trinajstić information content (AvgIpc) is 3.51. The molecule has 1 fully saturated rings. The minimum absolute atomic E-state index is 0.0462. The first-order chi connectivity index (χ1) is 15.4. The van der Waals surface area contributed by atoms with E-state index in [9.17, 15) is 13.6 Å². The highest BCUT2D eigenvalue weighted by Crippen LogP contribution is 2.57. The predicted octanol–water partition coefficient (Wildman–Crippen LogP) is 3.67. The van der Waals surface area contributed by atoms with Gasteiger partial charge in [-0.05, 0) is 48.7 Å². The Bertz CT molecular complexity index is 1200. The van der Waals surface area contributed by atoms with Crippen LogP contribution in [0, 0.1) is 11.6 Å². The maximum Gasteiger partial charge on any atom is 0.253 e. The van der Waals surface area contributed by atoms with Crippen LogP contribution in [-0.2, 0) is 5.41 Å². The average molecular weight is 436 g/mol. The fourth-order valence-electron chi connectivity index (χ4n) is 4.36. The highest BCUT2D eigenvalue weighted by atomic mass is 19.1. The van der Waals surface area contributed by atoms with E-state index < -0.39 is 11.6 Å². The minimum Gasteiger partial charge on any atom is -0.395 e. The Balaban J connectivity index is 1.49.